The zero-order valence-electron chi connectivity index (χ0n) is 11.3. The van der Waals surface area contributed by atoms with Crippen LogP contribution in [0.25, 0.3) is 0 Å². The van der Waals surface area contributed by atoms with Gasteiger partial charge < -0.3 is 9.47 Å². The zero-order valence-corrected chi connectivity index (χ0v) is 12.1. The van der Waals surface area contributed by atoms with Crippen molar-refractivity contribution in [2.45, 2.75) is 6.92 Å². The molecular formula is C13H14FN3O2S. The molecule has 20 heavy (non-hydrogen) atoms. The standard InChI is InChI=1S/C13H14FN3O2S/c1-8-7-20-13(16-8)17-15-6-9-4-11(18-2)12(19-3)5-10(9)14/h4-7H,1-3H3,(H,16,17). The number of methoxy groups -OCH3 is 2. The van der Waals surface area contributed by atoms with Crippen LogP contribution in [0, 0.1) is 12.7 Å². The van der Waals surface area contributed by atoms with E-state index in [1.165, 1.54) is 43.9 Å². The molecule has 0 aliphatic heterocycles. The van der Waals surface area contributed by atoms with Gasteiger partial charge in [0, 0.05) is 17.0 Å². The first-order valence-corrected chi connectivity index (χ1v) is 6.64. The van der Waals surface area contributed by atoms with Crippen molar-refractivity contribution in [3.63, 3.8) is 0 Å². The smallest absolute Gasteiger partial charge is 0.203 e. The average molecular weight is 295 g/mol. The first kappa shape index (κ1) is 14.3. The van der Waals surface area contributed by atoms with E-state index in [-0.39, 0.29) is 0 Å². The van der Waals surface area contributed by atoms with E-state index in [0.717, 1.165) is 5.69 Å². The van der Waals surface area contributed by atoms with Crippen molar-refractivity contribution in [2.75, 3.05) is 19.6 Å². The van der Waals surface area contributed by atoms with E-state index in [4.69, 9.17) is 9.47 Å². The maximum atomic E-state index is 13.8. The van der Waals surface area contributed by atoms with E-state index in [9.17, 15) is 4.39 Å². The fourth-order valence-corrected chi connectivity index (χ4v) is 2.17. The van der Waals surface area contributed by atoms with Gasteiger partial charge in [-0.05, 0) is 13.0 Å². The van der Waals surface area contributed by atoms with Gasteiger partial charge in [0.15, 0.2) is 11.5 Å². The van der Waals surface area contributed by atoms with Crippen LogP contribution in [0.15, 0.2) is 22.6 Å². The predicted octanol–water partition coefficient (Wildman–Crippen LogP) is 3.05. The van der Waals surface area contributed by atoms with Crippen molar-refractivity contribution in [3.05, 3.63) is 34.6 Å². The van der Waals surface area contributed by atoms with Crippen LogP contribution in [0.1, 0.15) is 11.3 Å². The molecule has 0 radical (unpaired) electrons. The van der Waals surface area contributed by atoms with Gasteiger partial charge in [0.05, 0.1) is 26.1 Å². The van der Waals surface area contributed by atoms with Crippen molar-refractivity contribution in [2.24, 2.45) is 5.10 Å². The van der Waals surface area contributed by atoms with Crippen LogP contribution in [0.2, 0.25) is 0 Å². The molecule has 0 atom stereocenters. The third-order valence-corrected chi connectivity index (χ3v) is 3.35. The summed E-state index contributed by atoms with van der Waals surface area (Å²) >= 11 is 1.43. The predicted molar refractivity (Wildman–Crippen MR) is 77.6 cm³/mol. The van der Waals surface area contributed by atoms with Crippen molar-refractivity contribution >= 4 is 22.7 Å². The Morgan fingerprint density at radius 1 is 1.30 bits per heavy atom. The van der Waals surface area contributed by atoms with E-state index in [1.54, 1.807) is 0 Å². The summed E-state index contributed by atoms with van der Waals surface area (Å²) in [7, 11) is 2.95. The molecule has 0 unspecified atom stereocenters. The van der Waals surface area contributed by atoms with Crippen molar-refractivity contribution in [3.8, 4) is 11.5 Å². The number of halogens is 1. The Kier molecular flexibility index (Phi) is 4.52. The Hall–Kier alpha value is -2.15. The number of nitrogens with zero attached hydrogens (tertiary/aromatic N) is 2. The van der Waals surface area contributed by atoms with Crippen LogP contribution in [0.4, 0.5) is 9.52 Å². The third-order valence-electron chi connectivity index (χ3n) is 2.49. The van der Waals surface area contributed by atoms with E-state index in [1.807, 2.05) is 12.3 Å². The van der Waals surface area contributed by atoms with Crippen LogP contribution >= 0.6 is 11.3 Å². The summed E-state index contributed by atoms with van der Waals surface area (Å²) in [6.45, 7) is 1.89. The number of anilines is 1. The maximum Gasteiger partial charge on any atom is 0.203 e. The van der Waals surface area contributed by atoms with Gasteiger partial charge in [-0.1, -0.05) is 0 Å². The highest BCUT2D eigenvalue weighted by Crippen LogP contribution is 2.29. The molecule has 7 heteroatoms. The Bertz CT molecular complexity index is 628. The monoisotopic (exact) mass is 295 g/mol. The van der Waals surface area contributed by atoms with Crippen molar-refractivity contribution in [1.29, 1.82) is 0 Å². The molecular weight excluding hydrogens is 281 g/mol. The van der Waals surface area contributed by atoms with Gasteiger partial charge in [-0.15, -0.1) is 11.3 Å². The lowest BCUT2D eigenvalue weighted by molar-refractivity contribution is 0.352. The first-order chi connectivity index (χ1) is 9.63. The molecule has 2 aromatic rings. The van der Waals surface area contributed by atoms with Crippen LogP contribution < -0.4 is 14.9 Å². The fourth-order valence-electron chi connectivity index (χ4n) is 1.53. The second-order valence-electron chi connectivity index (χ2n) is 3.89. The number of hydrogen-bond donors (Lipinski definition) is 1. The van der Waals surface area contributed by atoms with Gasteiger partial charge in [-0.2, -0.15) is 5.10 Å². The van der Waals surface area contributed by atoms with Crippen LogP contribution in [0.3, 0.4) is 0 Å². The molecule has 1 aromatic heterocycles. The summed E-state index contributed by atoms with van der Waals surface area (Å²) in [5, 5.41) is 6.50. The Balaban J connectivity index is 2.16. The largest absolute Gasteiger partial charge is 0.493 e. The number of thiazole rings is 1. The number of hydrogen-bond acceptors (Lipinski definition) is 6. The second kappa shape index (κ2) is 6.33. The summed E-state index contributed by atoms with van der Waals surface area (Å²) < 4.78 is 23.9. The molecule has 0 bridgehead atoms. The number of rotatable bonds is 5. The molecule has 1 aromatic carbocycles. The van der Waals surface area contributed by atoms with Crippen LogP contribution in [-0.4, -0.2) is 25.4 Å². The maximum absolute atomic E-state index is 13.8. The number of ether oxygens (including phenoxy) is 2. The van der Waals surface area contributed by atoms with E-state index >= 15 is 0 Å². The fraction of sp³-hybridized carbons (Fsp3) is 0.231. The first-order valence-electron chi connectivity index (χ1n) is 5.76. The molecule has 106 valence electrons. The topological polar surface area (TPSA) is 55.7 Å². The summed E-state index contributed by atoms with van der Waals surface area (Å²) in [6, 6.07) is 2.78. The lowest BCUT2D eigenvalue weighted by atomic mass is 10.2. The minimum Gasteiger partial charge on any atom is -0.493 e. The average Bonchev–Trinajstić information content (AvgIpc) is 2.85. The summed E-state index contributed by atoms with van der Waals surface area (Å²) in [6.07, 6.45) is 1.37. The zero-order chi connectivity index (χ0) is 14.5. The van der Waals surface area contributed by atoms with E-state index in [0.29, 0.717) is 22.2 Å². The number of hydrazone groups is 1. The quantitative estimate of drug-likeness (QED) is 0.680. The molecule has 5 nitrogen and oxygen atoms in total. The number of aryl methyl sites for hydroxylation is 1. The summed E-state index contributed by atoms with van der Waals surface area (Å²) in [5.74, 6) is 0.342. The summed E-state index contributed by atoms with van der Waals surface area (Å²) in [5.41, 5.74) is 3.95. The second-order valence-corrected chi connectivity index (χ2v) is 4.75. The molecule has 0 amide bonds. The Morgan fingerprint density at radius 3 is 2.60 bits per heavy atom. The lowest BCUT2D eigenvalue weighted by Gasteiger charge is -2.08. The molecule has 1 N–H and O–H groups in total. The number of aromatic nitrogens is 1. The van der Waals surface area contributed by atoms with Crippen molar-refractivity contribution < 1.29 is 13.9 Å². The minimum atomic E-state index is -0.441. The van der Waals surface area contributed by atoms with Crippen LogP contribution in [0.5, 0.6) is 11.5 Å². The van der Waals surface area contributed by atoms with Gasteiger partial charge in [0.25, 0.3) is 0 Å². The van der Waals surface area contributed by atoms with Gasteiger partial charge in [-0.25, -0.2) is 9.37 Å². The minimum absolute atomic E-state index is 0.295. The molecule has 0 saturated heterocycles. The highest BCUT2D eigenvalue weighted by atomic mass is 32.1. The Morgan fingerprint density at radius 2 is 2.00 bits per heavy atom. The highest BCUT2D eigenvalue weighted by molar-refractivity contribution is 7.13. The SMILES string of the molecule is COc1cc(F)c(C=NNc2nc(C)cs2)cc1OC. The molecule has 0 aliphatic rings. The van der Waals surface area contributed by atoms with Crippen molar-refractivity contribution in [1.82, 2.24) is 4.98 Å². The van der Waals surface area contributed by atoms with Crippen LogP contribution in [-0.2, 0) is 0 Å². The third kappa shape index (κ3) is 3.24. The molecule has 0 spiro atoms. The molecule has 0 saturated carbocycles. The summed E-state index contributed by atoms with van der Waals surface area (Å²) in [4.78, 5) is 4.18. The van der Waals surface area contributed by atoms with Gasteiger partial charge in [0.2, 0.25) is 5.13 Å². The van der Waals surface area contributed by atoms with Gasteiger partial charge >= 0.3 is 0 Å². The van der Waals surface area contributed by atoms with E-state index < -0.39 is 5.82 Å². The molecule has 0 fully saturated rings. The highest BCUT2D eigenvalue weighted by Gasteiger charge is 2.09. The molecule has 1 heterocycles. The number of nitrogens with one attached hydrogen (secondary N) is 1. The lowest BCUT2D eigenvalue weighted by Crippen LogP contribution is -1.97. The van der Waals surface area contributed by atoms with Gasteiger partial charge in [0.1, 0.15) is 5.82 Å². The molecule has 0 aliphatic carbocycles. The molecule has 2 rings (SSSR count). The number of benzene rings is 1. The normalized spacial score (nSPS) is 10.8. The van der Waals surface area contributed by atoms with E-state index in [2.05, 4.69) is 15.5 Å². The Labute approximate surface area is 120 Å². The van der Waals surface area contributed by atoms with Gasteiger partial charge in [-0.3, -0.25) is 5.43 Å².